The van der Waals surface area contributed by atoms with Crippen LogP contribution < -0.4 is 0 Å². The molecule has 0 saturated carbocycles. The van der Waals surface area contributed by atoms with Crippen molar-refractivity contribution in [3.8, 4) is 0 Å². The first-order chi connectivity index (χ1) is 7.99. The maximum atomic E-state index is 11.3. The molecule has 0 unspecified atom stereocenters. The summed E-state index contributed by atoms with van der Waals surface area (Å²) in [5.41, 5.74) is 0.342. The summed E-state index contributed by atoms with van der Waals surface area (Å²) in [4.78, 5) is 23.5. The van der Waals surface area contributed by atoms with Crippen molar-refractivity contribution in [2.45, 2.75) is 6.04 Å². The average Bonchev–Trinajstić information content (AvgIpc) is 2.30. The molecule has 1 atom stereocenters. The number of carboxylic acid groups (broad SMARTS) is 1. The van der Waals surface area contributed by atoms with E-state index in [0.29, 0.717) is 5.56 Å². The molecule has 0 radical (unpaired) electrons. The lowest BCUT2D eigenvalue weighted by molar-refractivity contribution is -0.142. The number of hydrogen-bond donors (Lipinski definition) is 1. The van der Waals surface area contributed by atoms with Crippen LogP contribution in [0.3, 0.4) is 0 Å². The van der Waals surface area contributed by atoms with Gasteiger partial charge in [-0.2, -0.15) is 0 Å². The summed E-state index contributed by atoms with van der Waals surface area (Å²) >= 11 is 5.91. The molecular formula is C11H12ClNO4. The molecule has 1 amide bonds. The molecule has 5 nitrogen and oxygen atoms in total. The Morgan fingerprint density at radius 1 is 1.41 bits per heavy atom. The summed E-state index contributed by atoms with van der Waals surface area (Å²) in [5.74, 6) is -1.17. The Labute approximate surface area is 104 Å². The molecule has 0 aliphatic heterocycles. The molecule has 1 rings (SSSR count). The average molecular weight is 258 g/mol. The van der Waals surface area contributed by atoms with Gasteiger partial charge in [-0.15, -0.1) is 0 Å². The van der Waals surface area contributed by atoms with Gasteiger partial charge in [-0.1, -0.05) is 29.8 Å². The molecule has 0 bridgehead atoms. The molecule has 0 aromatic heterocycles. The summed E-state index contributed by atoms with van der Waals surface area (Å²) in [5, 5.41) is 9.45. The number of ether oxygens (including phenoxy) is 1. The third kappa shape index (κ3) is 2.88. The third-order valence-corrected chi connectivity index (χ3v) is 2.63. The van der Waals surface area contributed by atoms with Crippen molar-refractivity contribution in [1.29, 1.82) is 0 Å². The molecule has 1 N–H and O–H groups in total. The fourth-order valence-electron chi connectivity index (χ4n) is 1.45. The zero-order chi connectivity index (χ0) is 13.0. The smallest absolute Gasteiger partial charge is 0.410 e. The Morgan fingerprint density at radius 2 is 2.00 bits per heavy atom. The molecule has 1 aromatic carbocycles. The van der Waals surface area contributed by atoms with Crippen molar-refractivity contribution in [2.75, 3.05) is 14.2 Å². The minimum absolute atomic E-state index is 0.288. The lowest BCUT2D eigenvalue weighted by atomic mass is 10.1. The van der Waals surface area contributed by atoms with E-state index < -0.39 is 18.1 Å². The van der Waals surface area contributed by atoms with Crippen molar-refractivity contribution >= 4 is 23.7 Å². The SMILES string of the molecule is COC(=O)N(C)[C@@H](C(=O)O)c1ccccc1Cl. The van der Waals surface area contributed by atoms with Gasteiger partial charge in [0.05, 0.1) is 7.11 Å². The number of rotatable bonds is 3. The first-order valence-corrected chi connectivity index (χ1v) is 5.14. The van der Waals surface area contributed by atoms with E-state index in [1.807, 2.05) is 0 Å². The van der Waals surface area contributed by atoms with Crippen LogP contribution in [0.25, 0.3) is 0 Å². The summed E-state index contributed by atoms with van der Waals surface area (Å²) in [7, 11) is 2.53. The monoisotopic (exact) mass is 257 g/mol. The number of methoxy groups -OCH3 is 1. The fraction of sp³-hybridized carbons (Fsp3) is 0.273. The van der Waals surface area contributed by atoms with Gasteiger partial charge in [0, 0.05) is 17.6 Å². The molecule has 92 valence electrons. The van der Waals surface area contributed by atoms with Crippen molar-refractivity contribution in [3.63, 3.8) is 0 Å². The molecule has 0 heterocycles. The fourth-order valence-corrected chi connectivity index (χ4v) is 1.69. The van der Waals surface area contributed by atoms with Crippen LogP contribution in [0, 0.1) is 0 Å². The summed E-state index contributed by atoms with van der Waals surface area (Å²) in [6.07, 6.45) is -0.739. The molecule has 0 aliphatic carbocycles. The second kappa shape index (κ2) is 5.54. The second-order valence-corrected chi connectivity index (χ2v) is 3.75. The maximum Gasteiger partial charge on any atom is 0.410 e. The Hall–Kier alpha value is -1.75. The van der Waals surface area contributed by atoms with E-state index >= 15 is 0 Å². The maximum absolute atomic E-state index is 11.3. The first kappa shape index (κ1) is 13.3. The Balaban J connectivity index is 3.15. The number of benzene rings is 1. The van der Waals surface area contributed by atoms with Gasteiger partial charge in [0.1, 0.15) is 0 Å². The van der Waals surface area contributed by atoms with Gasteiger partial charge in [0.25, 0.3) is 0 Å². The van der Waals surface area contributed by atoms with Crippen LogP contribution in [0.2, 0.25) is 5.02 Å². The molecule has 0 saturated heterocycles. The van der Waals surface area contributed by atoms with Crippen LogP contribution in [0.4, 0.5) is 4.79 Å². The van der Waals surface area contributed by atoms with Gasteiger partial charge in [-0.05, 0) is 6.07 Å². The zero-order valence-corrected chi connectivity index (χ0v) is 10.1. The van der Waals surface area contributed by atoms with E-state index in [-0.39, 0.29) is 5.02 Å². The van der Waals surface area contributed by atoms with E-state index in [0.717, 1.165) is 4.90 Å². The summed E-state index contributed by atoms with van der Waals surface area (Å²) < 4.78 is 4.49. The zero-order valence-electron chi connectivity index (χ0n) is 9.38. The van der Waals surface area contributed by atoms with Crippen molar-refractivity contribution in [1.82, 2.24) is 4.90 Å². The predicted octanol–water partition coefficient (Wildman–Crippen LogP) is 2.16. The first-order valence-electron chi connectivity index (χ1n) is 4.77. The molecular weight excluding hydrogens is 246 g/mol. The minimum Gasteiger partial charge on any atom is -0.479 e. The van der Waals surface area contributed by atoms with E-state index in [1.165, 1.54) is 14.2 Å². The predicted molar refractivity (Wildman–Crippen MR) is 62.0 cm³/mol. The highest BCUT2D eigenvalue weighted by molar-refractivity contribution is 6.31. The highest BCUT2D eigenvalue weighted by atomic mass is 35.5. The lowest BCUT2D eigenvalue weighted by Gasteiger charge is -2.24. The molecule has 0 aliphatic rings. The molecule has 0 spiro atoms. The van der Waals surface area contributed by atoms with Gasteiger partial charge >= 0.3 is 12.1 Å². The van der Waals surface area contributed by atoms with E-state index in [2.05, 4.69) is 4.74 Å². The summed E-state index contributed by atoms with van der Waals surface area (Å²) in [6.45, 7) is 0. The quantitative estimate of drug-likeness (QED) is 0.901. The van der Waals surface area contributed by atoms with Gasteiger partial charge in [-0.3, -0.25) is 4.90 Å². The topological polar surface area (TPSA) is 66.8 Å². The van der Waals surface area contributed by atoms with E-state index in [1.54, 1.807) is 24.3 Å². The molecule has 6 heteroatoms. The van der Waals surface area contributed by atoms with Crippen LogP contribution in [-0.2, 0) is 9.53 Å². The van der Waals surface area contributed by atoms with Crippen LogP contribution in [-0.4, -0.2) is 36.2 Å². The lowest BCUT2D eigenvalue weighted by Crippen LogP contribution is -2.35. The minimum atomic E-state index is -1.17. The number of likely N-dealkylation sites (N-methyl/N-ethyl adjacent to an activating group) is 1. The number of carbonyl (C=O) groups is 2. The van der Waals surface area contributed by atoms with Crippen molar-refractivity contribution in [3.05, 3.63) is 34.9 Å². The van der Waals surface area contributed by atoms with Gasteiger partial charge in [0.2, 0.25) is 0 Å². The number of halogens is 1. The molecule has 0 fully saturated rings. The van der Waals surface area contributed by atoms with Crippen LogP contribution in [0.5, 0.6) is 0 Å². The third-order valence-electron chi connectivity index (χ3n) is 2.28. The number of hydrogen-bond acceptors (Lipinski definition) is 3. The Morgan fingerprint density at radius 3 is 2.47 bits per heavy atom. The standard InChI is InChI=1S/C11H12ClNO4/c1-13(11(16)17-2)9(10(14)15)7-5-3-4-6-8(7)12/h3-6,9H,1-2H3,(H,14,15)/t9-/m1/s1. The van der Waals surface area contributed by atoms with Crippen LogP contribution >= 0.6 is 11.6 Å². The summed E-state index contributed by atoms with van der Waals surface area (Å²) in [6, 6.07) is 5.29. The normalized spacial score (nSPS) is 11.7. The molecule has 1 aromatic rings. The Kier molecular flexibility index (Phi) is 4.34. The number of amides is 1. The molecule has 17 heavy (non-hydrogen) atoms. The highest BCUT2D eigenvalue weighted by Gasteiger charge is 2.30. The van der Waals surface area contributed by atoms with Crippen molar-refractivity contribution in [2.24, 2.45) is 0 Å². The number of nitrogens with zero attached hydrogens (tertiary/aromatic N) is 1. The van der Waals surface area contributed by atoms with Crippen LogP contribution in [0.15, 0.2) is 24.3 Å². The van der Waals surface area contributed by atoms with Gasteiger partial charge < -0.3 is 9.84 Å². The van der Waals surface area contributed by atoms with Gasteiger partial charge in [0.15, 0.2) is 6.04 Å². The van der Waals surface area contributed by atoms with Crippen molar-refractivity contribution < 1.29 is 19.4 Å². The number of carbonyl (C=O) groups excluding carboxylic acids is 1. The number of aliphatic carboxylic acids is 1. The largest absolute Gasteiger partial charge is 0.479 e. The van der Waals surface area contributed by atoms with Crippen LogP contribution in [0.1, 0.15) is 11.6 Å². The highest BCUT2D eigenvalue weighted by Crippen LogP contribution is 2.27. The Bertz CT molecular complexity index is 435. The van der Waals surface area contributed by atoms with E-state index in [4.69, 9.17) is 16.7 Å². The number of carboxylic acids is 1. The van der Waals surface area contributed by atoms with Gasteiger partial charge in [-0.25, -0.2) is 9.59 Å². The second-order valence-electron chi connectivity index (χ2n) is 3.34. The van der Waals surface area contributed by atoms with E-state index in [9.17, 15) is 9.59 Å².